The third kappa shape index (κ3) is 4.83. The third-order valence-electron chi connectivity index (χ3n) is 6.93. The van der Waals surface area contributed by atoms with Gasteiger partial charge in [0.2, 0.25) is 11.8 Å². The van der Waals surface area contributed by atoms with Gasteiger partial charge in [-0.3, -0.25) is 14.3 Å². The van der Waals surface area contributed by atoms with E-state index in [9.17, 15) is 9.59 Å². The van der Waals surface area contributed by atoms with Crippen LogP contribution in [0.15, 0.2) is 67.0 Å². The molecule has 0 bridgehead atoms. The lowest BCUT2D eigenvalue weighted by Crippen LogP contribution is -2.38. The summed E-state index contributed by atoms with van der Waals surface area (Å²) in [7, 11) is 3.43. The molecule has 34 heavy (non-hydrogen) atoms. The van der Waals surface area contributed by atoms with Crippen LogP contribution in [0.3, 0.4) is 0 Å². The van der Waals surface area contributed by atoms with E-state index in [0.29, 0.717) is 18.0 Å². The molecule has 1 unspecified atom stereocenters. The Bertz CT molecular complexity index is 1170. The topological polar surface area (TPSA) is 76.5 Å². The van der Waals surface area contributed by atoms with Crippen molar-refractivity contribution < 1.29 is 14.3 Å². The zero-order valence-corrected chi connectivity index (χ0v) is 20.2. The maximum Gasteiger partial charge on any atom is 0.244 e. The smallest absolute Gasteiger partial charge is 0.244 e. The lowest BCUT2D eigenvalue weighted by molar-refractivity contribution is -0.131. The number of amides is 2. The summed E-state index contributed by atoms with van der Waals surface area (Å²) in [5.74, 6) is 0.482. The van der Waals surface area contributed by atoms with E-state index in [0.717, 1.165) is 12.0 Å². The number of rotatable bonds is 9. The molecule has 2 aromatic carbocycles. The van der Waals surface area contributed by atoms with Gasteiger partial charge in [-0.05, 0) is 23.5 Å². The average Bonchev–Trinajstić information content (AvgIpc) is 3.12. The molecule has 7 heteroatoms. The van der Waals surface area contributed by atoms with E-state index in [1.165, 1.54) is 5.56 Å². The van der Waals surface area contributed by atoms with Gasteiger partial charge in [0.1, 0.15) is 12.3 Å². The second-order valence-corrected chi connectivity index (χ2v) is 9.72. The standard InChI is InChI=1S/C27H32N4O3/c1-26(2)18-27(26,21-11-6-5-7-12-21)19-30(3)25(33)17-31-16-22(15-28-31)29-24(32)14-20-10-8-9-13-23(20)34-4/h5-13,15-16H,14,17-19H2,1-4H3,(H,29,32). The lowest BCUT2D eigenvalue weighted by atomic mass is 9.87. The fraction of sp³-hybridized carbons (Fsp3) is 0.370. The van der Waals surface area contributed by atoms with Crippen LogP contribution in [0.1, 0.15) is 31.4 Å². The van der Waals surface area contributed by atoms with Crippen LogP contribution in [-0.4, -0.2) is 47.2 Å². The van der Waals surface area contributed by atoms with Crippen LogP contribution < -0.4 is 10.1 Å². The second-order valence-electron chi connectivity index (χ2n) is 9.72. The number of anilines is 1. The molecule has 0 spiro atoms. The number of carbonyl (C=O) groups is 2. The fourth-order valence-electron chi connectivity index (χ4n) is 4.82. The molecule has 7 nitrogen and oxygen atoms in total. The minimum Gasteiger partial charge on any atom is -0.496 e. The van der Waals surface area contributed by atoms with Crippen LogP contribution >= 0.6 is 0 Å². The van der Waals surface area contributed by atoms with Gasteiger partial charge in [0.15, 0.2) is 0 Å². The van der Waals surface area contributed by atoms with Gasteiger partial charge in [-0.15, -0.1) is 0 Å². The average molecular weight is 461 g/mol. The molecule has 178 valence electrons. The molecule has 0 radical (unpaired) electrons. The highest BCUT2D eigenvalue weighted by Gasteiger charge is 2.62. The van der Waals surface area contributed by atoms with Gasteiger partial charge < -0.3 is 15.0 Å². The minimum absolute atomic E-state index is 0.0204. The van der Waals surface area contributed by atoms with Crippen LogP contribution in [0.25, 0.3) is 0 Å². The fourth-order valence-corrected chi connectivity index (χ4v) is 4.82. The van der Waals surface area contributed by atoms with Gasteiger partial charge in [0.05, 0.1) is 25.4 Å². The Balaban J connectivity index is 1.34. The summed E-state index contributed by atoms with van der Waals surface area (Å²) in [4.78, 5) is 27.2. The van der Waals surface area contributed by atoms with Crippen molar-refractivity contribution >= 4 is 17.5 Å². The first kappa shape index (κ1) is 23.5. The zero-order valence-electron chi connectivity index (χ0n) is 20.2. The first-order chi connectivity index (χ1) is 16.2. The molecule has 1 saturated carbocycles. The summed E-state index contributed by atoms with van der Waals surface area (Å²) in [6.07, 6.45) is 4.47. The number of methoxy groups -OCH3 is 1. The van der Waals surface area contributed by atoms with Crippen molar-refractivity contribution in [2.24, 2.45) is 5.41 Å². The predicted molar refractivity (Wildman–Crippen MR) is 132 cm³/mol. The van der Waals surface area contributed by atoms with Crippen molar-refractivity contribution in [3.63, 3.8) is 0 Å². The number of nitrogens with one attached hydrogen (secondary N) is 1. The molecule has 1 N–H and O–H groups in total. The number of benzene rings is 2. The largest absolute Gasteiger partial charge is 0.496 e. The van der Waals surface area contributed by atoms with Crippen molar-refractivity contribution in [2.45, 2.75) is 38.6 Å². The number of hydrogen-bond donors (Lipinski definition) is 1. The van der Waals surface area contributed by atoms with Gasteiger partial charge >= 0.3 is 0 Å². The normalized spacial score (nSPS) is 18.2. The quantitative estimate of drug-likeness (QED) is 0.526. The number of para-hydroxylation sites is 1. The van der Waals surface area contributed by atoms with E-state index in [-0.39, 0.29) is 35.6 Å². The number of carbonyl (C=O) groups excluding carboxylic acids is 2. The number of likely N-dealkylation sites (N-methyl/N-ethyl adjacent to an activating group) is 1. The Morgan fingerprint density at radius 2 is 1.79 bits per heavy atom. The second kappa shape index (κ2) is 9.33. The zero-order chi connectivity index (χ0) is 24.3. The van der Waals surface area contributed by atoms with E-state index in [2.05, 4.69) is 48.5 Å². The molecule has 1 aromatic heterocycles. The van der Waals surface area contributed by atoms with Crippen molar-refractivity contribution in [1.82, 2.24) is 14.7 Å². The molecule has 3 aromatic rings. The first-order valence-corrected chi connectivity index (χ1v) is 11.5. The Kier molecular flexibility index (Phi) is 6.46. The van der Waals surface area contributed by atoms with Gasteiger partial charge in [0, 0.05) is 30.8 Å². The highest BCUT2D eigenvalue weighted by atomic mass is 16.5. The lowest BCUT2D eigenvalue weighted by Gasteiger charge is -2.27. The van der Waals surface area contributed by atoms with Gasteiger partial charge in [-0.25, -0.2) is 0 Å². The van der Waals surface area contributed by atoms with E-state index in [4.69, 9.17) is 4.74 Å². The highest BCUT2D eigenvalue weighted by molar-refractivity contribution is 5.92. The van der Waals surface area contributed by atoms with Crippen molar-refractivity contribution in [3.8, 4) is 5.75 Å². The monoisotopic (exact) mass is 460 g/mol. The van der Waals surface area contributed by atoms with Gasteiger partial charge in [-0.2, -0.15) is 5.10 Å². The molecule has 1 heterocycles. The molecule has 1 fully saturated rings. The molecule has 4 rings (SSSR count). The summed E-state index contributed by atoms with van der Waals surface area (Å²) >= 11 is 0. The summed E-state index contributed by atoms with van der Waals surface area (Å²) in [6.45, 7) is 5.29. The molecule has 1 atom stereocenters. The summed E-state index contributed by atoms with van der Waals surface area (Å²) < 4.78 is 6.87. The Morgan fingerprint density at radius 3 is 2.47 bits per heavy atom. The predicted octanol–water partition coefficient (Wildman–Crippen LogP) is 3.90. The van der Waals surface area contributed by atoms with Crippen LogP contribution in [-0.2, 0) is 28.0 Å². The molecule has 2 amide bonds. The molecule has 0 saturated heterocycles. The number of aromatic nitrogens is 2. The Morgan fingerprint density at radius 1 is 1.12 bits per heavy atom. The molecular formula is C27H32N4O3. The molecule has 1 aliphatic rings. The van der Waals surface area contributed by atoms with Crippen molar-refractivity contribution in [2.75, 3.05) is 26.0 Å². The van der Waals surface area contributed by atoms with Crippen LogP contribution in [0.2, 0.25) is 0 Å². The van der Waals surface area contributed by atoms with E-state index < -0.39 is 0 Å². The molecule has 0 aliphatic heterocycles. The van der Waals surface area contributed by atoms with Crippen molar-refractivity contribution in [3.05, 3.63) is 78.1 Å². The summed E-state index contributed by atoms with van der Waals surface area (Å²) in [6, 6.07) is 17.9. The third-order valence-corrected chi connectivity index (χ3v) is 6.93. The van der Waals surface area contributed by atoms with Gasteiger partial charge in [0.25, 0.3) is 0 Å². The van der Waals surface area contributed by atoms with E-state index >= 15 is 0 Å². The highest BCUT2D eigenvalue weighted by Crippen LogP contribution is 2.64. The number of nitrogens with zero attached hydrogens (tertiary/aromatic N) is 3. The first-order valence-electron chi connectivity index (χ1n) is 11.5. The Hall–Kier alpha value is -3.61. The summed E-state index contributed by atoms with van der Waals surface area (Å²) in [5, 5.41) is 7.10. The number of hydrogen-bond acceptors (Lipinski definition) is 4. The van der Waals surface area contributed by atoms with Crippen LogP contribution in [0, 0.1) is 5.41 Å². The maximum absolute atomic E-state index is 13.0. The van der Waals surface area contributed by atoms with Crippen molar-refractivity contribution in [1.29, 1.82) is 0 Å². The SMILES string of the molecule is COc1ccccc1CC(=O)Nc1cnn(CC(=O)N(C)CC2(c3ccccc3)CC2(C)C)c1. The van der Waals surface area contributed by atoms with Crippen LogP contribution in [0.4, 0.5) is 5.69 Å². The van der Waals surface area contributed by atoms with E-state index in [1.807, 2.05) is 37.4 Å². The number of ether oxygens (including phenoxy) is 1. The maximum atomic E-state index is 13.0. The van der Waals surface area contributed by atoms with Gasteiger partial charge in [-0.1, -0.05) is 62.4 Å². The van der Waals surface area contributed by atoms with E-state index in [1.54, 1.807) is 29.1 Å². The minimum atomic E-state index is -0.173. The summed E-state index contributed by atoms with van der Waals surface area (Å²) in [5.41, 5.74) is 2.76. The molecular weight excluding hydrogens is 428 g/mol. The molecule has 1 aliphatic carbocycles. The van der Waals surface area contributed by atoms with Crippen LogP contribution in [0.5, 0.6) is 5.75 Å². The Labute approximate surface area is 200 Å².